The summed E-state index contributed by atoms with van der Waals surface area (Å²) in [6, 6.07) is 6.90. The third kappa shape index (κ3) is 7.38. The third-order valence-electron chi connectivity index (χ3n) is 2.57. The SMILES string of the molecule is CC(N)CCC(=O)NCC(O)c1ccc(Cl)cc1.Cl. The third-order valence-corrected chi connectivity index (χ3v) is 2.83. The Kier molecular flexibility index (Phi) is 8.76. The summed E-state index contributed by atoms with van der Waals surface area (Å²) in [4.78, 5) is 11.4. The van der Waals surface area contributed by atoms with Gasteiger partial charge in [-0.1, -0.05) is 23.7 Å². The van der Waals surface area contributed by atoms with Crippen molar-refractivity contribution in [2.75, 3.05) is 6.54 Å². The first-order chi connectivity index (χ1) is 8.49. The van der Waals surface area contributed by atoms with Gasteiger partial charge in [0.05, 0.1) is 6.10 Å². The van der Waals surface area contributed by atoms with Crippen LogP contribution in [0.5, 0.6) is 0 Å². The van der Waals surface area contributed by atoms with Crippen molar-refractivity contribution in [3.05, 3.63) is 34.9 Å². The molecule has 19 heavy (non-hydrogen) atoms. The van der Waals surface area contributed by atoms with Gasteiger partial charge in [-0.2, -0.15) is 0 Å². The highest BCUT2D eigenvalue weighted by molar-refractivity contribution is 6.30. The first kappa shape index (κ1) is 18.2. The predicted molar refractivity (Wildman–Crippen MR) is 79.6 cm³/mol. The quantitative estimate of drug-likeness (QED) is 0.753. The van der Waals surface area contributed by atoms with E-state index >= 15 is 0 Å². The minimum atomic E-state index is -0.721. The average Bonchev–Trinajstić information content (AvgIpc) is 2.34. The average molecular weight is 307 g/mol. The van der Waals surface area contributed by atoms with Gasteiger partial charge in [-0.25, -0.2) is 0 Å². The van der Waals surface area contributed by atoms with Crippen LogP contribution >= 0.6 is 24.0 Å². The molecule has 2 unspecified atom stereocenters. The monoisotopic (exact) mass is 306 g/mol. The minimum absolute atomic E-state index is 0. The molecule has 2 atom stereocenters. The van der Waals surface area contributed by atoms with Gasteiger partial charge >= 0.3 is 0 Å². The molecule has 108 valence electrons. The Morgan fingerprint density at radius 1 is 1.42 bits per heavy atom. The van der Waals surface area contributed by atoms with Crippen molar-refractivity contribution < 1.29 is 9.90 Å². The molecule has 0 fully saturated rings. The number of hydrogen-bond acceptors (Lipinski definition) is 3. The smallest absolute Gasteiger partial charge is 0.220 e. The standard InChI is InChI=1S/C13H19ClN2O2.ClH/c1-9(15)2-7-13(18)16-8-12(17)10-3-5-11(14)6-4-10;/h3-6,9,12,17H,2,7-8,15H2,1H3,(H,16,18);1H. The summed E-state index contributed by atoms with van der Waals surface area (Å²) >= 11 is 5.75. The molecule has 0 spiro atoms. The van der Waals surface area contributed by atoms with Crippen LogP contribution in [0.3, 0.4) is 0 Å². The van der Waals surface area contributed by atoms with E-state index in [-0.39, 0.29) is 30.9 Å². The zero-order valence-corrected chi connectivity index (χ0v) is 12.4. The van der Waals surface area contributed by atoms with Crippen molar-refractivity contribution in [1.29, 1.82) is 0 Å². The maximum absolute atomic E-state index is 11.4. The van der Waals surface area contributed by atoms with Gasteiger partial charge in [0.1, 0.15) is 0 Å². The molecule has 1 rings (SSSR count). The molecule has 0 aliphatic heterocycles. The molecular formula is C13H20Cl2N2O2. The van der Waals surface area contributed by atoms with Crippen molar-refractivity contribution in [3.63, 3.8) is 0 Å². The van der Waals surface area contributed by atoms with Gasteiger partial charge in [-0.15, -0.1) is 12.4 Å². The summed E-state index contributed by atoms with van der Waals surface area (Å²) in [6.07, 6.45) is 0.301. The van der Waals surface area contributed by atoms with Gasteiger partial charge in [0.2, 0.25) is 5.91 Å². The minimum Gasteiger partial charge on any atom is -0.387 e. The molecule has 0 radical (unpaired) electrons. The Hall–Kier alpha value is -0.810. The fourth-order valence-corrected chi connectivity index (χ4v) is 1.59. The number of nitrogens with one attached hydrogen (secondary N) is 1. The number of carbonyl (C=O) groups excluding carboxylic acids is 1. The molecule has 0 heterocycles. The van der Waals surface area contributed by atoms with Crippen molar-refractivity contribution in [3.8, 4) is 0 Å². The second-order valence-electron chi connectivity index (χ2n) is 4.39. The lowest BCUT2D eigenvalue weighted by atomic mass is 10.1. The number of halogens is 2. The number of aliphatic hydroxyl groups excluding tert-OH is 1. The second-order valence-corrected chi connectivity index (χ2v) is 4.82. The van der Waals surface area contributed by atoms with E-state index in [0.29, 0.717) is 17.9 Å². The van der Waals surface area contributed by atoms with E-state index in [2.05, 4.69) is 5.32 Å². The molecule has 0 aliphatic carbocycles. The van der Waals surface area contributed by atoms with Crippen molar-refractivity contribution in [2.24, 2.45) is 5.73 Å². The molecule has 4 N–H and O–H groups in total. The maximum atomic E-state index is 11.4. The summed E-state index contributed by atoms with van der Waals surface area (Å²) in [5.74, 6) is -0.0969. The Morgan fingerprint density at radius 3 is 2.53 bits per heavy atom. The lowest BCUT2D eigenvalue weighted by molar-refractivity contribution is -0.121. The van der Waals surface area contributed by atoms with E-state index < -0.39 is 6.10 Å². The van der Waals surface area contributed by atoms with Crippen molar-refractivity contribution in [2.45, 2.75) is 31.9 Å². The number of nitrogens with two attached hydrogens (primary N) is 1. The van der Waals surface area contributed by atoms with Gasteiger partial charge in [-0.3, -0.25) is 4.79 Å². The number of benzene rings is 1. The zero-order chi connectivity index (χ0) is 13.5. The van der Waals surface area contributed by atoms with Crippen LogP contribution in [0.4, 0.5) is 0 Å². The lowest BCUT2D eigenvalue weighted by Gasteiger charge is -2.12. The molecule has 0 saturated heterocycles. The van der Waals surface area contributed by atoms with E-state index in [9.17, 15) is 9.90 Å². The zero-order valence-electron chi connectivity index (χ0n) is 10.8. The number of amides is 1. The van der Waals surface area contributed by atoms with Gasteiger partial charge in [-0.05, 0) is 31.0 Å². The Labute approximate surface area is 124 Å². The second kappa shape index (κ2) is 9.15. The summed E-state index contributed by atoms with van der Waals surface area (Å²) < 4.78 is 0. The molecule has 0 aliphatic rings. The van der Waals surface area contributed by atoms with E-state index in [0.717, 1.165) is 5.56 Å². The van der Waals surface area contributed by atoms with Gasteiger partial charge in [0.25, 0.3) is 0 Å². The Morgan fingerprint density at radius 2 is 2.00 bits per heavy atom. The van der Waals surface area contributed by atoms with Gasteiger partial charge < -0.3 is 16.2 Å². The molecule has 0 saturated carbocycles. The first-order valence-corrected chi connectivity index (χ1v) is 6.32. The molecule has 1 aromatic rings. The van der Waals surface area contributed by atoms with Crippen LogP contribution in [0.25, 0.3) is 0 Å². The van der Waals surface area contributed by atoms with Gasteiger partial charge in [0, 0.05) is 24.0 Å². The fraction of sp³-hybridized carbons (Fsp3) is 0.462. The first-order valence-electron chi connectivity index (χ1n) is 5.95. The van der Waals surface area contributed by atoms with Crippen LogP contribution in [-0.4, -0.2) is 23.6 Å². The number of aliphatic hydroxyl groups is 1. The number of rotatable bonds is 6. The summed E-state index contributed by atoms with van der Waals surface area (Å²) in [5, 5.41) is 13.1. The van der Waals surface area contributed by atoms with Crippen LogP contribution < -0.4 is 11.1 Å². The van der Waals surface area contributed by atoms with E-state index in [1.165, 1.54) is 0 Å². The molecule has 1 aromatic carbocycles. The fourth-order valence-electron chi connectivity index (χ4n) is 1.46. The van der Waals surface area contributed by atoms with E-state index in [4.69, 9.17) is 17.3 Å². The highest BCUT2D eigenvalue weighted by Gasteiger charge is 2.09. The lowest BCUT2D eigenvalue weighted by Crippen LogP contribution is -2.29. The van der Waals surface area contributed by atoms with Crippen LogP contribution in [-0.2, 0) is 4.79 Å². The van der Waals surface area contributed by atoms with Crippen LogP contribution in [0, 0.1) is 0 Å². The summed E-state index contributed by atoms with van der Waals surface area (Å²) in [7, 11) is 0. The molecule has 6 heteroatoms. The molecule has 1 amide bonds. The Bertz CT molecular complexity index is 383. The topological polar surface area (TPSA) is 75.4 Å². The Balaban J connectivity index is 0.00000324. The van der Waals surface area contributed by atoms with Crippen LogP contribution in [0.1, 0.15) is 31.4 Å². The maximum Gasteiger partial charge on any atom is 0.220 e. The van der Waals surface area contributed by atoms with Crippen LogP contribution in [0.15, 0.2) is 24.3 Å². The normalized spacial score (nSPS) is 13.3. The highest BCUT2D eigenvalue weighted by Crippen LogP contribution is 2.15. The van der Waals surface area contributed by atoms with E-state index in [1.54, 1.807) is 24.3 Å². The number of hydrogen-bond donors (Lipinski definition) is 3. The number of carbonyl (C=O) groups is 1. The predicted octanol–water partition coefficient (Wildman–Crippen LogP) is 2.04. The highest BCUT2D eigenvalue weighted by atomic mass is 35.5. The van der Waals surface area contributed by atoms with Crippen molar-refractivity contribution in [1.82, 2.24) is 5.32 Å². The molecular weight excluding hydrogens is 287 g/mol. The van der Waals surface area contributed by atoms with Gasteiger partial charge in [0.15, 0.2) is 0 Å². The largest absolute Gasteiger partial charge is 0.387 e. The molecule has 0 bridgehead atoms. The summed E-state index contributed by atoms with van der Waals surface area (Å²) in [5.41, 5.74) is 6.29. The molecule has 0 aromatic heterocycles. The van der Waals surface area contributed by atoms with Crippen LogP contribution in [0.2, 0.25) is 5.02 Å². The molecule has 4 nitrogen and oxygen atoms in total. The van der Waals surface area contributed by atoms with Crippen molar-refractivity contribution >= 4 is 29.9 Å². The van der Waals surface area contributed by atoms with E-state index in [1.807, 2.05) is 6.92 Å². The summed E-state index contributed by atoms with van der Waals surface area (Å²) in [6.45, 7) is 2.05.